The largest absolute Gasteiger partial charge is 0.496 e. The van der Waals surface area contributed by atoms with Crippen molar-refractivity contribution in [3.05, 3.63) is 84.4 Å². The van der Waals surface area contributed by atoms with E-state index in [2.05, 4.69) is 22.8 Å². The highest BCUT2D eigenvalue weighted by molar-refractivity contribution is 5.81. The number of hydrogen-bond acceptors (Lipinski definition) is 3. The Morgan fingerprint density at radius 1 is 0.889 bits per heavy atom. The third kappa shape index (κ3) is 4.88. The van der Waals surface area contributed by atoms with E-state index in [1.165, 1.54) is 5.56 Å². The van der Waals surface area contributed by atoms with Gasteiger partial charge in [0.25, 0.3) is 0 Å². The zero-order valence-electron chi connectivity index (χ0n) is 15.6. The van der Waals surface area contributed by atoms with Crippen molar-refractivity contribution in [1.82, 2.24) is 5.32 Å². The highest BCUT2D eigenvalue weighted by Gasteiger charge is 2.13. The molecular weight excluding hydrogens is 336 g/mol. The average Bonchev–Trinajstić information content (AvgIpc) is 2.73. The van der Waals surface area contributed by atoms with Crippen molar-refractivity contribution in [2.75, 3.05) is 19.0 Å². The smallest absolute Gasteiger partial charge is 0.239 e. The number of benzene rings is 3. The zero-order chi connectivity index (χ0) is 19.1. The Bertz CT molecular complexity index is 876. The monoisotopic (exact) mass is 360 g/mol. The molecule has 0 bridgehead atoms. The van der Waals surface area contributed by atoms with Gasteiger partial charge in [-0.3, -0.25) is 4.79 Å². The van der Waals surface area contributed by atoms with Crippen LogP contribution in [-0.4, -0.2) is 19.6 Å². The van der Waals surface area contributed by atoms with E-state index in [-0.39, 0.29) is 18.5 Å². The van der Waals surface area contributed by atoms with Crippen LogP contribution >= 0.6 is 0 Å². The Labute approximate surface area is 160 Å². The lowest BCUT2D eigenvalue weighted by Gasteiger charge is -2.17. The number of methoxy groups -OCH3 is 1. The van der Waals surface area contributed by atoms with Gasteiger partial charge in [-0.25, -0.2) is 0 Å². The molecule has 3 rings (SSSR count). The maximum atomic E-state index is 12.3. The summed E-state index contributed by atoms with van der Waals surface area (Å²) in [7, 11) is 1.63. The van der Waals surface area contributed by atoms with E-state index in [4.69, 9.17) is 4.74 Å². The van der Waals surface area contributed by atoms with E-state index in [0.29, 0.717) is 0 Å². The van der Waals surface area contributed by atoms with E-state index >= 15 is 0 Å². The molecule has 0 spiro atoms. The molecular formula is C23H24N2O2. The van der Waals surface area contributed by atoms with Crippen LogP contribution in [-0.2, 0) is 4.79 Å². The first-order valence-corrected chi connectivity index (χ1v) is 8.99. The molecule has 4 nitrogen and oxygen atoms in total. The number of rotatable bonds is 7. The highest BCUT2D eigenvalue weighted by Crippen LogP contribution is 2.24. The maximum absolute atomic E-state index is 12.3. The summed E-state index contributed by atoms with van der Waals surface area (Å²) in [6.07, 6.45) is 0. The van der Waals surface area contributed by atoms with Crippen molar-refractivity contribution in [1.29, 1.82) is 0 Å². The standard InChI is InChI=1S/C23H24N2O2/c1-17(21-10-6-7-11-22(21)27-2)25-23(26)16-24-20-14-12-19(13-15-20)18-8-4-3-5-9-18/h3-15,17,24H,16H2,1-2H3,(H,25,26). The predicted molar refractivity (Wildman–Crippen MR) is 110 cm³/mol. The number of para-hydroxylation sites is 1. The van der Waals surface area contributed by atoms with Gasteiger partial charge >= 0.3 is 0 Å². The van der Waals surface area contributed by atoms with Crippen molar-refractivity contribution >= 4 is 11.6 Å². The van der Waals surface area contributed by atoms with Gasteiger partial charge in [-0.1, -0.05) is 60.7 Å². The van der Waals surface area contributed by atoms with Crippen molar-refractivity contribution in [2.24, 2.45) is 0 Å². The van der Waals surface area contributed by atoms with Crippen LogP contribution in [0.3, 0.4) is 0 Å². The SMILES string of the molecule is COc1ccccc1C(C)NC(=O)CNc1ccc(-c2ccccc2)cc1. The van der Waals surface area contributed by atoms with E-state index in [9.17, 15) is 4.79 Å². The summed E-state index contributed by atoms with van der Waals surface area (Å²) in [5.74, 6) is 0.704. The summed E-state index contributed by atoms with van der Waals surface area (Å²) in [6.45, 7) is 2.16. The van der Waals surface area contributed by atoms with Gasteiger partial charge in [0, 0.05) is 11.3 Å². The molecule has 3 aromatic carbocycles. The van der Waals surface area contributed by atoms with Crippen LogP contribution in [0.1, 0.15) is 18.5 Å². The second-order valence-corrected chi connectivity index (χ2v) is 6.33. The van der Waals surface area contributed by atoms with E-state index in [1.807, 2.05) is 73.7 Å². The minimum atomic E-state index is -0.129. The van der Waals surface area contributed by atoms with Crippen LogP contribution in [0.4, 0.5) is 5.69 Å². The maximum Gasteiger partial charge on any atom is 0.239 e. The third-order valence-electron chi connectivity index (χ3n) is 4.43. The number of amides is 1. The quantitative estimate of drug-likeness (QED) is 0.645. The number of anilines is 1. The first-order valence-electron chi connectivity index (χ1n) is 8.99. The molecule has 0 fully saturated rings. The van der Waals surface area contributed by atoms with Crippen LogP contribution in [0.2, 0.25) is 0 Å². The fourth-order valence-electron chi connectivity index (χ4n) is 2.99. The first kappa shape index (κ1) is 18.5. The van der Waals surface area contributed by atoms with Crippen molar-refractivity contribution in [3.8, 4) is 16.9 Å². The molecule has 0 aliphatic heterocycles. The third-order valence-corrected chi connectivity index (χ3v) is 4.43. The molecule has 0 heterocycles. The lowest BCUT2D eigenvalue weighted by atomic mass is 10.1. The molecule has 0 saturated carbocycles. The molecule has 1 unspecified atom stereocenters. The van der Waals surface area contributed by atoms with Crippen LogP contribution in [0.15, 0.2) is 78.9 Å². The van der Waals surface area contributed by atoms with E-state index in [0.717, 1.165) is 22.6 Å². The molecule has 4 heteroatoms. The van der Waals surface area contributed by atoms with Gasteiger partial charge in [-0.15, -0.1) is 0 Å². The molecule has 0 radical (unpaired) electrons. The van der Waals surface area contributed by atoms with Gasteiger partial charge < -0.3 is 15.4 Å². The summed E-state index contributed by atoms with van der Waals surface area (Å²) in [4.78, 5) is 12.3. The number of carbonyl (C=O) groups excluding carboxylic acids is 1. The molecule has 2 N–H and O–H groups in total. The number of carbonyl (C=O) groups is 1. The number of hydrogen-bond donors (Lipinski definition) is 2. The zero-order valence-corrected chi connectivity index (χ0v) is 15.6. The average molecular weight is 360 g/mol. The summed E-state index contributed by atoms with van der Waals surface area (Å²) in [5, 5.41) is 6.16. The Morgan fingerprint density at radius 3 is 2.22 bits per heavy atom. The van der Waals surface area contributed by atoms with Crippen LogP contribution in [0.5, 0.6) is 5.75 Å². The number of ether oxygens (including phenoxy) is 1. The van der Waals surface area contributed by atoms with Crippen LogP contribution in [0, 0.1) is 0 Å². The normalized spacial score (nSPS) is 11.5. The Morgan fingerprint density at radius 2 is 1.52 bits per heavy atom. The summed E-state index contributed by atoms with van der Waals surface area (Å²) < 4.78 is 5.36. The fraction of sp³-hybridized carbons (Fsp3) is 0.174. The number of nitrogens with one attached hydrogen (secondary N) is 2. The molecule has 0 aromatic heterocycles. The summed E-state index contributed by atoms with van der Waals surface area (Å²) in [5.41, 5.74) is 4.19. The second kappa shape index (κ2) is 8.90. The fourth-order valence-corrected chi connectivity index (χ4v) is 2.99. The lowest BCUT2D eigenvalue weighted by molar-refractivity contribution is -0.120. The summed E-state index contributed by atoms with van der Waals surface area (Å²) >= 11 is 0. The Hall–Kier alpha value is -3.27. The molecule has 27 heavy (non-hydrogen) atoms. The van der Waals surface area contributed by atoms with Crippen molar-refractivity contribution in [2.45, 2.75) is 13.0 Å². The predicted octanol–water partition coefficient (Wildman–Crippen LogP) is 4.65. The van der Waals surface area contributed by atoms with Gasteiger partial charge in [0.2, 0.25) is 5.91 Å². The lowest BCUT2D eigenvalue weighted by Crippen LogP contribution is -2.32. The van der Waals surface area contributed by atoms with E-state index < -0.39 is 0 Å². The van der Waals surface area contributed by atoms with E-state index in [1.54, 1.807) is 7.11 Å². The topological polar surface area (TPSA) is 50.4 Å². The molecule has 1 atom stereocenters. The van der Waals surface area contributed by atoms with Gasteiger partial charge in [0.05, 0.1) is 19.7 Å². The van der Waals surface area contributed by atoms with Gasteiger partial charge in [-0.2, -0.15) is 0 Å². The van der Waals surface area contributed by atoms with Gasteiger partial charge in [0.15, 0.2) is 0 Å². The Kier molecular flexibility index (Phi) is 6.10. The molecule has 0 aliphatic rings. The molecule has 138 valence electrons. The minimum Gasteiger partial charge on any atom is -0.496 e. The molecule has 0 aliphatic carbocycles. The summed E-state index contributed by atoms with van der Waals surface area (Å²) in [6, 6.07) is 25.8. The minimum absolute atomic E-state index is 0.0689. The van der Waals surface area contributed by atoms with Crippen molar-refractivity contribution < 1.29 is 9.53 Å². The highest BCUT2D eigenvalue weighted by atomic mass is 16.5. The van der Waals surface area contributed by atoms with Gasteiger partial charge in [0.1, 0.15) is 5.75 Å². The molecule has 3 aromatic rings. The van der Waals surface area contributed by atoms with Gasteiger partial charge in [-0.05, 0) is 36.2 Å². The molecule has 0 saturated heterocycles. The first-order chi connectivity index (χ1) is 13.2. The van der Waals surface area contributed by atoms with Crippen molar-refractivity contribution in [3.63, 3.8) is 0 Å². The molecule has 1 amide bonds. The van der Waals surface area contributed by atoms with Crippen LogP contribution in [0.25, 0.3) is 11.1 Å². The van der Waals surface area contributed by atoms with Crippen LogP contribution < -0.4 is 15.4 Å². The second-order valence-electron chi connectivity index (χ2n) is 6.33. The Balaban J connectivity index is 1.54.